The van der Waals surface area contributed by atoms with E-state index >= 15 is 4.39 Å². The van der Waals surface area contributed by atoms with Crippen molar-refractivity contribution >= 4 is 35.3 Å². The molecule has 3 rings (SSSR count). The van der Waals surface area contributed by atoms with Crippen molar-refractivity contribution in [1.29, 1.82) is 0 Å². The van der Waals surface area contributed by atoms with Crippen LogP contribution in [0.4, 0.5) is 28.0 Å². The van der Waals surface area contributed by atoms with Gasteiger partial charge in [-0.15, -0.1) is 0 Å². The molecule has 1 amide bonds. The first kappa shape index (κ1) is 25.1. The molecule has 2 unspecified atom stereocenters. The van der Waals surface area contributed by atoms with Crippen LogP contribution in [0.1, 0.15) is 23.6 Å². The average molecular weight is 506 g/mol. The first-order valence-electron chi connectivity index (χ1n) is 9.43. The molecule has 0 saturated carbocycles. The number of anilines is 1. The lowest BCUT2D eigenvalue weighted by atomic mass is 9.88. The minimum Gasteiger partial charge on any atom is -0.496 e. The van der Waals surface area contributed by atoms with E-state index in [9.17, 15) is 27.6 Å². The zero-order chi connectivity index (χ0) is 25.4. The molecule has 1 aliphatic rings. The Morgan fingerprint density at radius 3 is 2.44 bits per heavy atom. The predicted molar refractivity (Wildman–Crippen MR) is 108 cm³/mol. The van der Waals surface area contributed by atoms with Crippen molar-refractivity contribution < 1.29 is 51.3 Å². The highest BCUT2D eigenvalue weighted by atomic mass is 35.5. The van der Waals surface area contributed by atoms with E-state index in [1.165, 1.54) is 19.2 Å². The number of hydrogen-bond acceptors (Lipinski definition) is 6. The average Bonchev–Trinajstić information content (AvgIpc) is 2.98. The number of carboxylic acid groups (broad SMARTS) is 1. The summed E-state index contributed by atoms with van der Waals surface area (Å²) in [5.41, 5.74) is -5.60. The van der Waals surface area contributed by atoms with Crippen LogP contribution in [-0.2, 0) is 30.9 Å². The van der Waals surface area contributed by atoms with E-state index in [0.717, 1.165) is 19.1 Å². The number of halogens is 5. The summed E-state index contributed by atoms with van der Waals surface area (Å²) in [4.78, 5) is 36.3. The van der Waals surface area contributed by atoms with Gasteiger partial charge in [0.25, 0.3) is 5.91 Å². The summed E-state index contributed by atoms with van der Waals surface area (Å²) in [6.07, 6.45) is -7.97. The summed E-state index contributed by atoms with van der Waals surface area (Å²) in [5.74, 6) is -2.99. The predicted octanol–water partition coefficient (Wildman–Crippen LogP) is 4.51. The van der Waals surface area contributed by atoms with Crippen molar-refractivity contribution in [2.24, 2.45) is 0 Å². The van der Waals surface area contributed by atoms with Crippen LogP contribution in [0.25, 0.3) is 0 Å². The Hall–Kier alpha value is -3.54. The van der Waals surface area contributed by atoms with Crippen LogP contribution in [0.5, 0.6) is 5.75 Å². The largest absolute Gasteiger partial charge is 0.510 e. The number of methoxy groups -OCH3 is 1. The number of aliphatic carboxylic acids is 1. The Labute approximate surface area is 194 Å². The maximum absolute atomic E-state index is 16.5. The van der Waals surface area contributed by atoms with Gasteiger partial charge in [0, 0.05) is 16.1 Å². The zero-order valence-electron chi connectivity index (χ0n) is 17.5. The second kappa shape index (κ2) is 9.01. The number of nitrogens with zero attached hydrogens (tertiary/aromatic N) is 1. The number of rotatable bonds is 6. The van der Waals surface area contributed by atoms with Gasteiger partial charge in [0.15, 0.2) is 12.8 Å². The third-order valence-corrected chi connectivity index (χ3v) is 5.23. The normalized spacial score (nSPS) is 18.3. The molecule has 0 bridgehead atoms. The molecule has 1 heterocycles. The highest BCUT2D eigenvalue weighted by Crippen LogP contribution is 2.51. The van der Waals surface area contributed by atoms with E-state index in [2.05, 4.69) is 9.47 Å². The highest BCUT2D eigenvalue weighted by molar-refractivity contribution is 6.30. The van der Waals surface area contributed by atoms with Gasteiger partial charge < -0.3 is 19.3 Å². The molecule has 2 aromatic carbocycles. The molecule has 13 heteroatoms. The van der Waals surface area contributed by atoms with E-state index in [1.807, 2.05) is 0 Å². The molecule has 1 N–H and O–H groups in total. The quantitative estimate of drug-likeness (QED) is 0.455. The second-order valence-electron chi connectivity index (χ2n) is 7.09. The van der Waals surface area contributed by atoms with Gasteiger partial charge in [0.1, 0.15) is 5.75 Å². The van der Waals surface area contributed by atoms with Crippen molar-refractivity contribution in [1.82, 2.24) is 0 Å². The van der Waals surface area contributed by atoms with E-state index in [-0.39, 0.29) is 16.3 Å². The topological polar surface area (TPSA) is 102 Å². The van der Waals surface area contributed by atoms with Gasteiger partial charge in [-0.3, -0.25) is 9.69 Å². The number of carbonyl (C=O) groups is 3. The number of benzene rings is 2. The fourth-order valence-electron chi connectivity index (χ4n) is 3.32. The summed E-state index contributed by atoms with van der Waals surface area (Å²) in [7, 11) is 1.20. The van der Waals surface area contributed by atoms with Crippen LogP contribution in [0.3, 0.4) is 0 Å². The molecule has 0 radical (unpaired) electrons. The number of ether oxygens (including phenoxy) is 3. The molecule has 0 aliphatic carbocycles. The Morgan fingerprint density at radius 2 is 1.85 bits per heavy atom. The molecule has 8 nitrogen and oxygen atoms in total. The Balaban J connectivity index is 2.07. The SMILES string of the molecule is COc1ccc(Cl)cc1C1(F)C(=O)N(COC(=O)OC(C)C(=O)O)c2cc(C(F)(F)F)ccc21. The molecule has 0 saturated heterocycles. The lowest BCUT2D eigenvalue weighted by molar-refractivity contribution is -0.147. The molecule has 0 fully saturated rings. The summed E-state index contributed by atoms with van der Waals surface area (Å²) in [6.45, 7) is -0.0413. The molecule has 182 valence electrons. The Kier molecular flexibility index (Phi) is 6.65. The first-order chi connectivity index (χ1) is 15.8. The van der Waals surface area contributed by atoms with Gasteiger partial charge in [-0.1, -0.05) is 17.7 Å². The molecular weight excluding hydrogens is 490 g/mol. The molecule has 2 aromatic rings. The number of hydrogen-bond donors (Lipinski definition) is 1. The van der Waals surface area contributed by atoms with Crippen LogP contribution < -0.4 is 9.64 Å². The lowest BCUT2D eigenvalue weighted by Gasteiger charge is -2.23. The van der Waals surface area contributed by atoms with Crippen molar-refractivity contribution in [3.63, 3.8) is 0 Å². The van der Waals surface area contributed by atoms with Crippen LogP contribution in [-0.4, -0.2) is 43.1 Å². The minimum atomic E-state index is -4.82. The van der Waals surface area contributed by atoms with Gasteiger partial charge in [0.2, 0.25) is 5.67 Å². The summed E-state index contributed by atoms with van der Waals surface area (Å²) < 4.78 is 70.7. The van der Waals surface area contributed by atoms with Crippen molar-refractivity contribution in [2.45, 2.75) is 24.9 Å². The molecule has 0 aromatic heterocycles. The van der Waals surface area contributed by atoms with Crippen LogP contribution in [0.2, 0.25) is 5.02 Å². The van der Waals surface area contributed by atoms with E-state index in [1.54, 1.807) is 0 Å². The summed E-state index contributed by atoms with van der Waals surface area (Å²) >= 11 is 5.96. The van der Waals surface area contributed by atoms with E-state index in [0.29, 0.717) is 17.0 Å². The van der Waals surface area contributed by atoms with E-state index in [4.69, 9.17) is 21.4 Å². The smallest absolute Gasteiger partial charge is 0.496 e. The third-order valence-electron chi connectivity index (χ3n) is 4.99. The van der Waals surface area contributed by atoms with Gasteiger partial charge in [-0.05, 0) is 37.3 Å². The zero-order valence-corrected chi connectivity index (χ0v) is 18.2. The number of carboxylic acids is 1. The fraction of sp³-hybridized carbons (Fsp3) is 0.286. The lowest BCUT2D eigenvalue weighted by Crippen LogP contribution is -2.40. The molecular formula is C21H16ClF4NO7. The maximum Gasteiger partial charge on any atom is 0.510 e. The highest BCUT2D eigenvalue weighted by Gasteiger charge is 2.55. The number of carbonyl (C=O) groups excluding carboxylic acids is 2. The van der Waals surface area contributed by atoms with E-state index < -0.39 is 59.5 Å². The number of alkyl halides is 4. The standard InChI is InChI=1S/C21H16ClF4NO7/c1-10(17(28)29)34-19(31)33-9-27-15-7-11(21(24,25)26)3-5-13(15)20(23,18(27)30)14-8-12(22)4-6-16(14)32-2/h3-8,10H,9H2,1-2H3,(H,28,29). The van der Waals surface area contributed by atoms with Gasteiger partial charge in [-0.25, -0.2) is 14.0 Å². The molecule has 34 heavy (non-hydrogen) atoms. The van der Waals surface area contributed by atoms with Crippen LogP contribution in [0, 0.1) is 0 Å². The molecule has 0 spiro atoms. The third kappa shape index (κ3) is 4.45. The van der Waals surface area contributed by atoms with Gasteiger partial charge in [0.05, 0.1) is 18.4 Å². The summed E-state index contributed by atoms with van der Waals surface area (Å²) in [6, 6.07) is 5.65. The van der Waals surface area contributed by atoms with Crippen molar-refractivity contribution in [3.05, 3.63) is 58.1 Å². The summed E-state index contributed by atoms with van der Waals surface area (Å²) in [5, 5.41) is 8.80. The Bertz CT molecular complexity index is 1160. The number of amides is 1. The van der Waals surface area contributed by atoms with Gasteiger partial charge >= 0.3 is 18.3 Å². The maximum atomic E-state index is 16.5. The monoisotopic (exact) mass is 505 g/mol. The number of fused-ring (bicyclic) bond motifs is 1. The minimum absolute atomic E-state index is 0.0232. The van der Waals surface area contributed by atoms with Gasteiger partial charge in [-0.2, -0.15) is 13.2 Å². The van der Waals surface area contributed by atoms with Crippen LogP contribution >= 0.6 is 11.6 Å². The fourth-order valence-corrected chi connectivity index (χ4v) is 3.49. The Morgan fingerprint density at radius 1 is 1.18 bits per heavy atom. The molecule has 1 aliphatic heterocycles. The first-order valence-corrected chi connectivity index (χ1v) is 9.81. The van der Waals surface area contributed by atoms with Crippen molar-refractivity contribution in [2.75, 3.05) is 18.7 Å². The second-order valence-corrected chi connectivity index (χ2v) is 7.52. The van der Waals surface area contributed by atoms with Crippen LogP contribution in [0.15, 0.2) is 36.4 Å². The van der Waals surface area contributed by atoms with Crippen molar-refractivity contribution in [3.8, 4) is 5.75 Å². The molecule has 2 atom stereocenters.